The van der Waals surface area contributed by atoms with E-state index in [2.05, 4.69) is 10.3 Å². The Kier molecular flexibility index (Phi) is 1.37. The summed E-state index contributed by atoms with van der Waals surface area (Å²) in [6.07, 6.45) is 1.51. The average molecular weight is 173 g/mol. The predicted molar refractivity (Wildman–Crippen MR) is 42.2 cm³/mol. The van der Waals surface area contributed by atoms with Crippen molar-refractivity contribution in [1.29, 1.82) is 0 Å². The van der Waals surface area contributed by atoms with Crippen LogP contribution in [0.3, 0.4) is 0 Å². The Hall–Kier alpha value is -0.680. The number of alkyl halides is 1. The Labute approximate surface area is 67.4 Å². The molecule has 3 nitrogen and oxygen atoms in total. The van der Waals surface area contributed by atoms with Crippen molar-refractivity contribution in [2.24, 2.45) is 0 Å². The lowest BCUT2D eigenvalue weighted by Crippen LogP contribution is -2.53. The van der Waals surface area contributed by atoms with Crippen molar-refractivity contribution < 1.29 is 4.39 Å². The highest BCUT2D eigenvalue weighted by atomic mass is 32.1. The fraction of sp³-hybridized carbons (Fsp3) is 0.500. The number of hydrogen-bond donors (Lipinski definition) is 2. The third-order valence-electron chi connectivity index (χ3n) is 1.78. The van der Waals surface area contributed by atoms with Gasteiger partial charge in [-0.2, -0.15) is 0 Å². The first-order chi connectivity index (χ1) is 5.21. The van der Waals surface area contributed by atoms with Crippen LogP contribution in [-0.4, -0.2) is 18.1 Å². The van der Waals surface area contributed by atoms with E-state index in [4.69, 9.17) is 5.73 Å². The van der Waals surface area contributed by atoms with E-state index in [0.717, 1.165) is 0 Å². The summed E-state index contributed by atoms with van der Waals surface area (Å²) in [4.78, 5) is 4.43. The average Bonchev–Trinajstić information content (AvgIpc) is 2.31. The molecule has 2 rings (SSSR count). The van der Waals surface area contributed by atoms with E-state index in [9.17, 15) is 4.39 Å². The normalized spacial score (nSPS) is 21.2. The van der Waals surface area contributed by atoms with Gasteiger partial charge in [0, 0.05) is 19.3 Å². The minimum Gasteiger partial charge on any atom is -0.375 e. The van der Waals surface area contributed by atoms with Gasteiger partial charge in [-0.15, -0.1) is 0 Å². The van der Waals surface area contributed by atoms with E-state index >= 15 is 0 Å². The fourth-order valence-electron chi connectivity index (χ4n) is 1.01. The summed E-state index contributed by atoms with van der Waals surface area (Å²) in [5.41, 5.74) is 4.18. The fourth-order valence-corrected chi connectivity index (χ4v) is 1.78. The molecule has 3 N–H and O–H groups in total. The number of nitrogen functional groups attached to an aromatic ring is 1. The van der Waals surface area contributed by atoms with Gasteiger partial charge in [-0.05, 0) is 0 Å². The Morgan fingerprint density at radius 3 is 2.82 bits per heavy atom. The number of anilines is 1. The van der Waals surface area contributed by atoms with E-state index in [0.29, 0.717) is 23.1 Å². The van der Waals surface area contributed by atoms with Gasteiger partial charge in [0.1, 0.15) is 0 Å². The molecule has 1 saturated heterocycles. The molecule has 0 amide bonds. The Morgan fingerprint density at radius 2 is 2.45 bits per heavy atom. The quantitative estimate of drug-likeness (QED) is 0.650. The maximum atomic E-state index is 13.5. The van der Waals surface area contributed by atoms with Crippen LogP contribution < -0.4 is 11.1 Å². The highest BCUT2D eigenvalue weighted by molar-refractivity contribution is 7.15. The van der Waals surface area contributed by atoms with Crippen LogP contribution in [0.2, 0.25) is 0 Å². The molecular formula is C6H8FN3S. The van der Waals surface area contributed by atoms with Crippen LogP contribution in [-0.2, 0) is 5.67 Å². The molecule has 1 aromatic rings. The summed E-state index contributed by atoms with van der Waals surface area (Å²) in [5, 5.41) is 3.31. The third-order valence-corrected chi connectivity index (χ3v) is 2.78. The molecule has 0 bridgehead atoms. The van der Waals surface area contributed by atoms with Crippen LogP contribution in [0.15, 0.2) is 6.20 Å². The number of nitrogens with one attached hydrogen (secondary N) is 1. The molecular weight excluding hydrogens is 165 g/mol. The first-order valence-electron chi connectivity index (χ1n) is 3.32. The number of halogens is 1. The predicted octanol–water partition coefficient (Wildman–Crippen LogP) is 0.493. The zero-order chi connectivity index (χ0) is 7.90. The molecule has 1 aliphatic heterocycles. The summed E-state index contributed by atoms with van der Waals surface area (Å²) >= 11 is 1.22. The Balaban J connectivity index is 2.28. The second-order valence-corrected chi connectivity index (χ2v) is 3.69. The van der Waals surface area contributed by atoms with Gasteiger partial charge in [0.2, 0.25) is 0 Å². The smallest absolute Gasteiger partial charge is 0.180 e. The van der Waals surface area contributed by atoms with E-state index < -0.39 is 5.67 Å². The highest BCUT2D eigenvalue weighted by Crippen LogP contribution is 2.34. The number of aromatic nitrogens is 1. The van der Waals surface area contributed by atoms with E-state index in [-0.39, 0.29) is 0 Å². The molecule has 0 saturated carbocycles. The molecule has 1 aliphatic rings. The third kappa shape index (κ3) is 1.00. The summed E-state index contributed by atoms with van der Waals surface area (Å²) < 4.78 is 13.5. The van der Waals surface area contributed by atoms with Crippen molar-refractivity contribution in [1.82, 2.24) is 10.3 Å². The molecule has 0 spiro atoms. The van der Waals surface area contributed by atoms with E-state index in [1.54, 1.807) is 0 Å². The molecule has 0 radical (unpaired) electrons. The van der Waals surface area contributed by atoms with Crippen LogP contribution in [0.5, 0.6) is 0 Å². The maximum absolute atomic E-state index is 13.5. The molecule has 11 heavy (non-hydrogen) atoms. The topological polar surface area (TPSA) is 50.9 Å². The monoisotopic (exact) mass is 173 g/mol. The molecule has 1 fully saturated rings. The summed E-state index contributed by atoms with van der Waals surface area (Å²) in [5.74, 6) is 0. The standard InChI is InChI=1S/C6H8FN3S/c7-6(2-9-3-6)4-1-10-5(8)11-4/h1,9H,2-3H2,(H2,8,10). The van der Waals surface area contributed by atoms with Crippen LogP contribution in [0.4, 0.5) is 9.52 Å². The van der Waals surface area contributed by atoms with Gasteiger partial charge in [0.05, 0.1) is 4.88 Å². The van der Waals surface area contributed by atoms with E-state index in [1.807, 2.05) is 0 Å². The molecule has 60 valence electrons. The van der Waals surface area contributed by atoms with E-state index in [1.165, 1.54) is 17.5 Å². The molecule has 5 heteroatoms. The lowest BCUT2D eigenvalue weighted by atomic mass is 9.98. The van der Waals surface area contributed by atoms with Crippen molar-refractivity contribution in [3.05, 3.63) is 11.1 Å². The molecule has 0 unspecified atom stereocenters. The number of nitrogens with zero attached hydrogens (tertiary/aromatic N) is 1. The van der Waals surface area contributed by atoms with Crippen molar-refractivity contribution in [2.45, 2.75) is 5.67 Å². The van der Waals surface area contributed by atoms with Gasteiger partial charge >= 0.3 is 0 Å². The Bertz CT molecular complexity index is 269. The first kappa shape index (κ1) is 7.00. The second kappa shape index (κ2) is 2.15. The molecule has 2 heterocycles. The SMILES string of the molecule is Nc1ncc(C2(F)CNC2)s1. The highest BCUT2D eigenvalue weighted by Gasteiger charge is 2.40. The number of hydrogen-bond acceptors (Lipinski definition) is 4. The minimum atomic E-state index is -1.20. The second-order valence-electron chi connectivity index (χ2n) is 2.63. The van der Waals surface area contributed by atoms with Gasteiger partial charge in [-0.1, -0.05) is 11.3 Å². The summed E-state index contributed by atoms with van der Waals surface area (Å²) in [6.45, 7) is 0.767. The molecule has 0 aromatic carbocycles. The van der Waals surface area contributed by atoms with Gasteiger partial charge in [-0.25, -0.2) is 9.37 Å². The first-order valence-corrected chi connectivity index (χ1v) is 4.14. The van der Waals surface area contributed by atoms with Crippen molar-refractivity contribution in [3.63, 3.8) is 0 Å². The summed E-state index contributed by atoms with van der Waals surface area (Å²) in [7, 11) is 0. The largest absolute Gasteiger partial charge is 0.375 e. The van der Waals surface area contributed by atoms with Gasteiger partial charge in [-0.3, -0.25) is 0 Å². The maximum Gasteiger partial charge on any atom is 0.180 e. The Morgan fingerprint density at radius 1 is 1.73 bits per heavy atom. The van der Waals surface area contributed by atoms with Crippen LogP contribution in [0, 0.1) is 0 Å². The van der Waals surface area contributed by atoms with Crippen LogP contribution in [0.25, 0.3) is 0 Å². The van der Waals surface area contributed by atoms with Crippen molar-refractivity contribution >= 4 is 16.5 Å². The van der Waals surface area contributed by atoms with Crippen LogP contribution >= 0.6 is 11.3 Å². The number of thiazole rings is 1. The van der Waals surface area contributed by atoms with Gasteiger partial charge in [0.15, 0.2) is 10.8 Å². The molecule has 0 atom stereocenters. The lowest BCUT2D eigenvalue weighted by Gasteiger charge is -2.33. The lowest BCUT2D eigenvalue weighted by molar-refractivity contribution is 0.0931. The zero-order valence-corrected chi connectivity index (χ0v) is 6.62. The zero-order valence-electron chi connectivity index (χ0n) is 5.80. The van der Waals surface area contributed by atoms with Gasteiger partial charge < -0.3 is 11.1 Å². The van der Waals surface area contributed by atoms with Crippen molar-refractivity contribution in [2.75, 3.05) is 18.8 Å². The van der Waals surface area contributed by atoms with Crippen LogP contribution in [0.1, 0.15) is 4.88 Å². The van der Waals surface area contributed by atoms with Crippen molar-refractivity contribution in [3.8, 4) is 0 Å². The molecule has 0 aliphatic carbocycles. The summed E-state index contributed by atoms with van der Waals surface area (Å²) in [6, 6.07) is 0. The number of nitrogens with two attached hydrogens (primary N) is 1. The minimum absolute atomic E-state index is 0.384. The van der Waals surface area contributed by atoms with Gasteiger partial charge in [0.25, 0.3) is 0 Å². The number of rotatable bonds is 1. The molecule has 1 aromatic heterocycles.